The van der Waals surface area contributed by atoms with E-state index in [0.717, 1.165) is 0 Å². The van der Waals surface area contributed by atoms with Gasteiger partial charge in [-0.3, -0.25) is 13.9 Å². The van der Waals surface area contributed by atoms with Crippen molar-refractivity contribution in [2.45, 2.75) is 25.8 Å². The van der Waals surface area contributed by atoms with Gasteiger partial charge in [-0.15, -0.1) is 0 Å². The fraction of sp³-hybridized carbons (Fsp3) is 0.846. The van der Waals surface area contributed by atoms with E-state index in [9.17, 15) is 13.8 Å². The summed E-state index contributed by atoms with van der Waals surface area (Å²) in [5.74, 6) is -0.206. The van der Waals surface area contributed by atoms with Gasteiger partial charge in [-0.1, -0.05) is 0 Å². The molecule has 1 aliphatic heterocycles. The summed E-state index contributed by atoms with van der Waals surface area (Å²) >= 11 is 0. The molecule has 122 valence electrons. The molecule has 1 heterocycles. The summed E-state index contributed by atoms with van der Waals surface area (Å²) in [4.78, 5) is 26.4. The van der Waals surface area contributed by atoms with Gasteiger partial charge in [0, 0.05) is 61.6 Å². The lowest BCUT2D eigenvalue weighted by molar-refractivity contribution is -0.137. The zero-order valence-electron chi connectivity index (χ0n) is 12.7. The predicted molar refractivity (Wildman–Crippen MR) is 81.8 cm³/mol. The molecule has 0 radical (unpaired) electrons. The van der Waals surface area contributed by atoms with E-state index in [1.807, 2.05) is 6.92 Å². The third kappa shape index (κ3) is 7.42. The van der Waals surface area contributed by atoms with Gasteiger partial charge in [0.15, 0.2) is 0 Å². The predicted octanol–water partition coefficient (Wildman–Crippen LogP) is -0.0546. The second-order valence-corrected chi connectivity index (χ2v) is 6.94. The van der Waals surface area contributed by atoms with Crippen molar-refractivity contribution in [3.8, 4) is 0 Å². The lowest BCUT2D eigenvalue weighted by Gasteiger charge is -2.35. The summed E-state index contributed by atoms with van der Waals surface area (Å²) in [6.07, 6.45) is 2.50. The van der Waals surface area contributed by atoms with Crippen LogP contribution in [0.3, 0.4) is 0 Å². The number of aliphatic carboxylic acids is 1. The van der Waals surface area contributed by atoms with Crippen LogP contribution in [-0.4, -0.2) is 81.9 Å². The smallest absolute Gasteiger partial charge is 0.317 e. The van der Waals surface area contributed by atoms with Crippen molar-refractivity contribution in [3.63, 3.8) is 0 Å². The van der Waals surface area contributed by atoms with Gasteiger partial charge in [-0.05, 0) is 13.3 Å². The van der Waals surface area contributed by atoms with Gasteiger partial charge in [-0.25, -0.2) is 4.79 Å². The third-order valence-electron chi connectivity index (χ3n) is 3.51. The Morgan fingerprint density at radius 2 is 1.90 bits per heavy atom. The highest BCUT2D eigenvalue weighted by Gasteiger charge is 2.22. The van der Waals surface area contributed by atoms with Crippen LogP contribution in [0.2, 0.25) is 0 Å². The van der Waals surface area contributed by atoms with Crippen molar-refractivity contribution in [2.75, 3.05) is 44.7 Å². The minimum atomic E-state index is -0.836. The number of carboxylic acids is 1. The van der Waals surface area contributed by atoms with E-state index in [0.29, 0.717) is 44.9 Å². The number of nitrogens with one attached hydrogen (secondary N) is 1. The van der Waals surface area contributed by atoms with Crippen molar-refractivity contribution in [2.24, 2.45) is 0 Å². The van der Waals surface area contributed by atoms with Crippen molar-refractivity contribution in [3.05, 3.63) is 0 Å². The van der Waals surface area contributed by atoms with Gasteiger partial charge in [0.25, 0.3) is 0 Å². The largest absolute Gasteiger partial charge is 0.481 e. The Labute approximate surface area is 128 Å². The van der Waals surface area contributed by atoms with Crippen molar-refractivity contribution in [1.29, 1.82) is 0 Å². The highest BCUT2D eigenvalue weighted by molar-refractivity contribution is 7.84. The van der Waals surface area contributed by atoms with Crippen LogP contribution in [0.1, 0.15) is 19.8 Å². The molecule has 8 heteroatoms. The summed E-state index contributed by atoms with van der Waals surface area (Å²) in [5.41, 5.74) is 0. The highest BCUT2D eigenvalue weighted by Crippen LogP contribution is 2.04. The molecule has 2 unspecified atom stereocenters. The number of amides is 2. The molecular formula is C13H25N3O4S. The van der Waals surface area contributed by atoms with Crippen LogP contribution >= 0.6 is 0 Å². The number of carbonyl (C=O) groups excluding carboxylic acids is 1. The molecule has 0 aromatic rings. The van der Waals surface area contributed by atoms with Crippen LogP contribution in [0.25, 0.3) is 0 Å². The summed E-state index contributed by atoms with van der Waals surface area (Å²) in [7, 11) is -0.836. The van der Waals surface area contributed by atoms with Crippen molar-refractivity contribution >= 4 is 22.8 Å². The second kappa shape index (κ2) is 8.99. The number of rotatable bonds is 7. The Bertz CT molecular complexity index is 384. The highest BCUT2D eigenvalue weighted by atomic mass is 32.2. The lowest BCUT2D eigenvalue weighted by Crippen LogP contribution is -2.53. The van der Waals surface area contributed by atoms with Crippen LogP contribution < -0.4 is 5.32 Å². The second-order valence-electron chi connectivity index (χ2n) is 5.39. The van der Waals surface area contributed by atoms with E-state index in [1.165, 1.54) is 0 Å². The summed E-state index contributed by atoms with van der Waals surface area (Å²) < 4.78 is 11.0. The van der Waals surface area contributed by atoms with Gasteiger partial charge < -0.3 is 15.3 Å². The van der Waals surface area contributed by atoms with E-state index < -0.39 is 16.8 Å². The SMILES string of the molecule is CC(CCS(C)=O)NC(=O)N1CCN(CCC(=O)O)CC1. The first kappa shape index (κ1) is 17.9. The Balaban J connectivity index is 2.25. The summed E-state index contributed by atoms with van der Waals surface area (Å²) in [5, 5.41) is 11.6. The van der Waals surface area contributed by atoms with Crippen LogP contribution in [0.5, 0.6) is 0 Å². The van der Waals surface area contributed by atoms with Gasteiger partial charge in [0.1, 0.15) is 0 Å². The summed E-state index contributed by atoms with van der Waals surface area (Å²) in [6, 6.07) is -0.0892. The fourth-order valence-corrected chi connectivity index (χ4v) is 2.83. The molecule has 1 fully saturated rings. The van der Waals surface area contributed by atoms with Gasteiger partial charge in [0.2, 0.25) is 0 Å². The molecule has 0 aliphatic carbocycles. The average Bonchev–Trinajstić information content (AvgIpc) is 2.43. The molecule has 1 saturated heterocycles. The molecule has 0 aromatic carbocycles. The Kier molecular flexibility index (Phi) is 7.66. The first-order valence-electron chi connectivity index (χ1n) is 7.18. The van der Waals surface area contributed by atoms with Crippen LogP contribution in [0, 0.1) is 0 Å². The normalized spacial score (nSPS) is 19.0. The third-order valence-corrected chi connectivity index (χ3v) is 4.32. The molecule has 2 N–H and O–H groups in total. The van der Waals surface area contributed by atoms with Crippen molar-refractivity contribution < 1.29 is 18.9 Å². The zero-order chi connectivity index (χ0) is 15.8. The number of hydrogen-bond acceptors (Lipinski definition) is 4. The Hall–Kier alpha value is -1.15. The number of hydrogen-bond donors (Lipinski definition) is 2. The molecule has 0 spiro atoms. The standard InChI is InChI=1S/C13H25N3O4S/c1-11(4-10-21(2)20)14-13(19)16-8-6-15(7-9-16)5-3-12(17)18/h11H,3-10H2,1-2H3,(H,14,19)(H,17,18). The van der Waals surface area contributed by atoms with E-state index >= 15 is 0 Å². The molecule has 7 nitrogen and oxygen atoms in total. The van der Waals surface area contributed by atoms with E-state index in [4.69, 9.17) is 5.11 Å². The topological polar surface area (TPSA) is 90.0 Å². The summed E-state index contributed by atoms with van der Waals surface area (Å²) in [6.45, 7) is 5.06. The van der Waals surface area contributed by atoms with Crippen LogP contribution in [-0.2, 0) is 15.6 Å². The Morgan fingerprint density at radius 3 is 2.43 bits per heavy atom. The molecule has 1 aliphatic rings. The molecule has 0 aromatic heterocycles. The Morgan fingerprint density at radius 1 is 1.29 bits per heavy atom. The quantitative estimate of drug-likeness (QED) is 0.686. The molecular weight excluding hydrogens is 294 g/mol. The number of carbonyl (C=O) groups is 2. The molecule has 2 atom stereocenters. The maximum Gasteiger partial charge on any atom is 0.317 e. The number of carboxylic acid groups (broad SMARTS) is 1. The van der Waals surface area contributed by atoms with Crippen LogP contribution in [0.4, 0.5) is 4.79 Å². The molecule has 0 bridgehead atoms. The number of urea groups is 1. The minimum absolute atomic E-state index is 0.00596. The van der Waals surface area contributed by atoms with Gasteiger partial charge in [0.05, 0.1) is 6.42 Å². The van der Waals surface area contributed by atoms with Crippen LogP contribution in [0.15, 0.2) is 0 Å². The minimum Gasteiger partial charge on any atom is -0.481 e. The van der Waals surface area contributed by atoms with E-state index in [-0.39, 0.29) is 18.5 Å². The molecule has 21 heavy (non-hydrogen) atoms. The van der Waals surface area contributed by atoms with Crippen molar-refractivity contribution in [1.82, 2.24) is 15.1 Å². The maximum atomic E-state index is 12.1. The zero-order valence-corrected chi connectivity index (χ0v) is 13.5. The average molecular weight is 319 g/mol. The monoisotopic (exact) mass is 319 g/mol. The maximum absolute atomic E-state index is 12.1. The molecule has 1 rings (SSSR count). The lowest BCUT2D eigenvalue weighted by atomic mass is 10.2. The fourth-order valence-electron chi connectivity index (χ4n) is 2.15. The molecule has 0 saturated carbocycles. The van der Waals surface area contributed by atoms with Gasteiger partial charge in [-0.2, -0.15) is 0 Å². The first-order chi connectivity index (χ1) is 9.88. The van der Waals surface area contributed by atoms with E-state index in [2.05, 4.69) is 10.2 Å². The number of piperazine rings is 1. The van der Waals surface area contributed by atoms with Gasteiger partial charge >= 0.3 is 12.0 Å². The molecule has 2 amide bonds. The number of nitrogens with zero attached hydrogens (tertiary/aromatic N) is 2. The first-order valence-corrected chi connectivity index (χ1v) is 8.91. The van der Waals surface area contributed by atoms with E-state index in [1.54, 1.807) is 11.2 Å².